The molecule has 1 aromatic rings. The number of halogens is 3. The number of likely N-dealkylation sites (tertiary alicyclic amines) is 1. The lowest BCUT2D eigenvalue weighted by Crippen LogP contribution is -2.39. The molecule has 2 rings (SSSR count). The molecule has 2 nitrogen and oxygen atoms in total. The zero-order valence-corrected chi connectivity index (χ0v) is 11.5. The SMILES string of the molecule is O=C(c1ccc(Cl)cc1F)N1CCC(Br)CC1. The van der Waals surface area contributed by atoms with E-state index < -0.39 is 5.82 Å². The van der Waals surface area contributed by atoms with Crippen LogP contribution < -0.4 is 0 Å². The second-order valence-electron chi connectivity index (χ2n) is 4.09. The molecular weight excluding hydrogens is 308 g/mol. The first kappa shape index (κ1) is 12.8. The minimum Gasteiger partial charge on any atom is -0.338 e. The molecule has 1 aliphatic heterocycles. The van der Waals surface area contributed by atoms with Crippen molar-refractivity contribution in [3.8, 4) is 0 Å². The molecule has 0 N–H and O–H groups in total. The summed E-state index contributed by atoms with van der Waals surface area (Å²) in [5.41, 5.74) is 0.0995. The fourth-order valence-corrected chi connectivity index (χ4v) is 2.45. The molecule has 0 radical (unpaired) electrons. The number of rotatable bonds is 1. The van der Waals surface area contributed by atoms with Gasteiger partial charge < -0.3 is 4.90 Å². The fourth-order valence-electron chi connectivity index (χ4n) is 1.88. The Bertz CT molecular complexity index is 433. The molecular formula is C12H12BrClFNO. The molecule has 5 heteroatoms. The largest absolute Gasteiger partial charge is 0.338 e. The van der Waals surface area contributed by atoms with E-state index in [2.05, 4.69) is 15.9 Å². The Hall–Kier alpha value is -0.610. The van der Waals surface area contributed by atoms with Crippen molar-refractivity contribution in [2.24, 2.45) is 0 Å². The van der Waals surface area contributed by atoms with Crippen LogP contribution in [0.2, 0.25) is 5.02 Å². The molecule has 1 saturated heterocycles. The van der Waals surface area contributed by atoms with Crippen LogP contribution in [0.5, 0.6) is 0 Å². The number of piperidine rings is 1. The number of hydrogen-bond donors (Lipinski definition) is 0. The van der Waals surface area contributed by atoms with Crippen LogP contribution in [0.4, 0.5) is 4.39 Å². The summed E-state index contributed by atoms with van der Waals surface area (Å²) in [6.07, 6.45) is 1.81. The van der Waals surface area contributed by atoms with Gasteiger partial charge in [-0.2, -0.15) is 0 Å². The highest BCUT2D eigenvalue weighted by molar-refractivity contribution is 9.09. The molecule has 92 valence electrons. The standard InChI is InChI=1S/C12H12BrClFNO/c13-8-3-5-16(6-4-8)12(17)10-2-1-9(14)7-11(10)15/h1-2,7-8H,3-6H2. The number of alkyl halides is 1. The van der Waals surface area contributed by atoms with E-state index in [4.69, 9.17) is 11.6 Å². The van der Waals surface area contributed by atoms with Crippen molar-refractivity contribution in [1.82, 2.24) is 4.90 Å². The summed E-state index contributed by atoms with van der Waals surface area (Å²) in [7, 11) is 0. The molecule has 0 saturated carbocycles. The zero-order valence-electron chi connectivity index (χ0n) is 9.13. The molecule has 1 heterocycles. The molecule has 0 unspecified atom stereocenters. The monoisotopic (exact) mass is 319 g/mol. The Balaban J connectivity index is 2.14. The highest BCUT2D eigenvalue weighted by Crippen LogP contribution is 2.21. The van der Waals surface area contributed by atoms with Gasteiger partial charge in [-0.05, 0) is 31.0 Å². The molecule has 0 bridgehead atoms. The molecule has 17 heavy (non-hydrogen) atoms. The van der Waals surface area contributed by atoms with E-state index in [9.17, 15) is 9.18 Å². The van der Waals surface area contributed by atoms with Crippen LogP contribution >= 0.6 is 27.5 Å². The number of benzene rings is 1. The molecule has 1 aromatic carbocycles. The average Bonchev–Trinajstić information content (AvgIpc) is 2.29. The van der Waals surface area contributed by atoms with Crippen molar-refractivity contribution in [2.75, 3.05) is 13.1 Å². The molecule has 1 amide bonds. The smallest absolute Gasteiger partial charge is 0.256 e. The molecule has 1 aliphatic rings. The van der Waals surface area contributed by atoms with E-state index >= 15 is 0 Å². The molecule has 0 aromatic heterocycles. The van der Waals surface area contributed by atoms with Gasteiger partial charge in [0.1, 0.15) is 5.82 Å². The van der Waals surface area contributed by atoms with Crippen LogP contribution in [0.1, 0.15) is 23.2 Å². The minimum absolute atomic E-state index is 0.0995. The number of carbonyl (C=O) groups is 1. The third kappa shape index (κ3) is 2.99. The fraction of sp³-hybridized carbons (Fsp3) is 0.417. The van der Waals surface area contributed by atoms with Gasteiger partial charge in [-0.15, -0.1) is 0 Å². The minimum atomic E-state index is -0.552. The normalized spacial score (nSPS) is 17.2. The van der Waals surface area contributed by atoms with Crippen LogP contribution in [-0.2, 0) is 0 Å². The van der Waals surface area contributed by atoms with Gasteiger partial charge >= 0.3 is 0 Å². The highest BCUT2D eigenvalue weighted by Gasteiger charge is 2.23. The van der Waals surface area contributed by atoms with E-state index in [0.29, 0.717) is 22.9 Å². The molecule has 0 aliphatic carbocycles. The van der Waals surface area contributed by atoms with Gasteiger partial charge in [0, 0.05) is 22.9 Å². The van der Waals surface area contributed by atoms with Crippen molar-refractivity contribution in [2.45, 2.75) is 17.7 Å². The third-order valence-electron chi connectivity index (χ3n) is 2.87. The quantitative estimate of drug-likeness (QED) is 0.726. The predicted octanol–water partition coefficient (Wildman–Crippen LogP) is 3.48. The number of nitrogens with zero attached hydrogens (tertiary/aromatic N) is 1. The Morgan fingerprint density at radius 1 is 1.41 bits per heavy atom. The van der Waals surface area contributed by atoms with Crippen LogP contribution in [0, 0.1) is 5.82 Å². The summed E-state index contributed by atoms with van der Waals surface area (Å²) in [5.74, 6) is -0.804. The second kappa shape index (κ2) is 5.36. The van der Waals surface area contributed by atoms with Gasteiger partial charge in [0.15, 0.2) is 0 Å². The van der Waals surface area contributed by atoms with Crippen molar-refractivity contribution in [3.05, 3.63) is 34.6 Å². The average molecular weight is 321 g/mol. The van der Waals surface area contributed by atoms with Crippen molar-refractivity contribution in [3.63, 3.8) is 0 Å². The Morgan fingerprint density at radius 2 is 2.06 bits per heavy atom. The Morgan fingerprint density at radius 3 is 2.65 bits per heavy atom. The van der Waals surface area contributed by atoms with Crippen LogP contribution in [0.3, 0.4) is 0 Å². The van der Waals surface area contributed by atoms with E-state index in [1.165, 1.54) is 18.2 Å². The Labute approximate surface area is 113 Å². The van der Waals surface area contributed by atoms with Gasteiger partial charge in [-0.25, -0.2) is 4.39 Å². The van der Waals surface area contributed by atoms with Crippen LogP contribution in [-0.4, -0.2) is 28.7 Å². The van der Waals surface area contributed by atoms with E-state index in [1.807, 2.05) is 0 Å². The lowest BCUT2D eigenvalue weighted by Gasteiger charge is -2.29. The molecule has 0 spiro atoms. The summed E-state index contributed by atoms with van der Waals surface area (Å²) >= 11 is 9.17. The summed E-state index contributed by atoms with van der Waals surface area (Å²) in [5, 5.41) is 0.304. The third-order valence-corrected chi connectivity index (χ3v) is 4.02. The van der Waals surface area contributed by atoms with E-state index in [0.717, 1.165) is 12.8 Å². The van der Waals surface area contributed by atoms with E-state index in [1.54, 1.807) is 4.90 Å². The Kier molecular flexibility index (Phi) is 4.05. The second-order valence-corrected chi connectivity index (χ2v) is 5.82. The number of amides is 1. The predicted molar refractivity (Wildman–Crippen MR) is 69.3 cm³/mol. The van der Waals surface area contributed by atoms with E-state index in [-0.39, 0.29) is 11.5 Å². The maximum absolute atomic E-state index is 13.6. The van der Waals surface area contributed by atoms with Gasteiger partial charge in [0.25, 0.3) is 5.91 Å². The first-order valence-corrected chi connectivity index (χ1v) is 6.75. The topological polar surface area (TPSA) is 20.3 Å². The summed E-state index contributed by atoms with van der Waals surface area (Å²) in [6, 6.07) is 4.15. The van der Waals surface area contributed by atoms with Gasteiger partial charge in [0.2, 0.25) is 0 Å². The number of hydrogen-bond acceptors (Lipinski definition) is 1. The maximum Gasteiger partial charge on any atom is 0.256 e. The number of carbonyl (C=O) groups excluding carboxylic acids is 1. The highest BCUT2D eigenvalue weighted by atomic mass is 79.9. The summed E-state index contributed by atoms with van der Waals surface area (Å²) in [4.78, 5) is 14.2. The lowest BCUT2D eigenvalue weighted by molar-refractivity contribution is 0.0723. The molecule has 0 atom stereocenters. The van der Waals surface area contributed by atoms with Gasteiger partial charge in [-0.1, -0.05) is 27.5 Å². The zero-order chi connectivity index (χ0) is 12.4. The van der Waals surface area contributed by atoms with Gasteiger partial charge in [-0.3, -0.25) is 4.79 Å². The summed E-state index contributed by atoms with van der Waals surface area (Å²) < 4.78 is 13.6. The first-order valence-electron chi connectivity index (χ1n) is 5.46. The first-order chi connectivity index (χ1) is 8.08. The van der Waals surface area contributed by atoms with Crippen LogP contribution in [0.15, 0.2) is 18.2 Å². The van der Waals surface area contributed by atoms with Crippen molar-refractivity contribution < 1.29 is 9.18 Å². The van der Waals surface area contributed by atoms with Crippen molar-refractivity contribution in [1.29, 1.82) is 0 Å². The molecule has 1 fully saturated rings. The van der Waals surface area contributed by atoms with Crippen molar-refractivity contribution >= 4 is 33.4 Å². The lowest BCUT2D eigenvalue weighted by atomic mass is 10.1. The maximum atomic E-state index is 13.6. The summed E-state index contributed by atoms with van der Waals surface area (Å²) in [6.45, 7) is 1.33. The van der Waals surface area contributed by atoms with Crippen LogP contribution in [0.25, 0.3) is 0 Å². The van der Waals surface area contributed by atoms with Gasteiger partial charge in [0.05, 0.1) is 5.56 Å².